The number of rotatable bonds is 8. The summed E-state index contributed by atoms with van der Waals surface area (Å²) in [6.07, 6.45) is 0.574. The van der Waals surface area contributed by atoms with Crippen LogP contribution in [0, 0.1) is 11.3 Å². The van der Waals surface area contributed by atoms with Gasteiger partial charge in [-0.2, -0.15) is 5.26 Å². The summed E-state index contributed by atoms with van der Waals surface area (Å²) < 4.78 is 13.3. The number of para-hydroxylation sites is 1. The quantitative estimate of drug-likeness (QED) is 0.295. The van der Waals surface area contributed by atoms with Gasteiger partial charge in [-0.1, -0.05) is 30.0 Å². The lowest BCUT2D eigenvalue weighted by Crippen LogP contribution is -2.33. The standard InChI is InChI=1S/C28H28N6O3S/c1-4-36-20-12-10-19(11-13-20)30-24(35)17-38-27-33-32-26-23-16-37-28(2,3)14-21(23)22(15-29)25(34(26)27)31-18-8-6-5-7-9-18/h5-13,31H,4,14,16-17H2,1-3H3,(H,30,35). The van der Waals surface area contributed by atoms with Crippen LogP contribution in [0.4, 0.5) is 17.2 Å². The highest BCUT2D eigenvalue weighted by Gasteiger charge is 2.33. The van der Waals surface area contributed by atoms with E-state index in [1.165, 1.54) is 11.8 Å². The summed E-state index contributed by atoms with van der Waals surface area (Å²) in [5.41, 5.74) is 3.99. The van der Waals surface area contributed by atoms with E-state index in [0.29, 0.717) is 47.5 Å². The normalized spacial score (nSPS) is 13.9. The van der Waals surface area contributed by atoms with E-state index in [2.05, 4.69) is 26.9 Å². The van der Waals surface area contributed by atoms with E-state index in [-0.39, 0.29) is 11.7 Å². The van der Waals surface area contributed by atoms with Crippen molar-refractivity contribution in [2.45, 2.75) is 44.6 Å². The molecule has 4 aromatic rings. The van der Waals surface area contributed by atoms with Crippen molar-refractivity contribution in [2.24, 2.45) is 0 Å². The highest BCUT2D eigenvalue weighted by molar-refractivity contribution is 7.99. The molecule has 9 nitrogen and oxygen atoms in total. The molecule has 0 spiro atoms. The molecule has 0 bridgehead atoms. The average Bonchev–Trinajstić information content (AvgIpc) is 3.33. The van der Waals surface area contributed by atoms with Crippen LogP contribution in [0.25, 0.3) is 5.65 Å². The molecule has 0 saturated carbocycles. The first-order valence-corrected chi connectivity index (χ1v) is 13.3. The average molecular weight is 529 g/mol. The lowest BCUT2D eigenvalue weighted by molar-refractivity contribution is -0.113. The van der Waals surface area contributed by atoms with Crippen molar-refractivity contribution in [3.63, 3.8) is 0 Å². The van der Waals surface area contributed by atoms with E-state index in [9.17, 15) is 10.1 Å². The number of amides is 1. The maximum absolute atomic E-state index is 12.7. The van der Waals surface area contributed by atoms with Gasteiger partial charge in [-0.25, -0.2) is 0 Å². The Morgan fingerprint density at radius 2 is 1.89 bits per heavy atom. The monoisotopic (exact) mass is 528 g/mol. The van der Waals surface area contributed by atoms with E-state index in [4.69, 9.17) is 9.47 Å². The number of anilines is 3. The van der Waals surface area contributed by atoms with Crippen molar-refractivity contribution in [3.05, 3.63) is 71.3 Å². The van der Waals surface area contributed by atoms with E-state index in [0.717, 1.165) is 22.6 Å². The van der Waals surface area contributed by atoms with Crippen molar-refractivity contribution < 1.29 is 14.3 Å². The molecule has 2 N–H and O–H groups in total. The molecule has 10 heteroatoms. The highest BCUT2D eigenvalue weighted by atomic mass is 32.2. The van der Waals surface area contributed by atoms with Gasteiger partial charge < -0.3 is 20.1 Å². The Kier molecular flexibility index (Phi) is 7.22. The molecule has 0 aliphatic carbocycles. The van der Waals surface area contributed by atoms with Gasteiger partial charge in [0.2, 0.25) is 5.91 Å². The number of carbonyl (C=O) groups excluding carboxylic acids is 1. The molecule has 0 fully saturated rings. The van der Waals surface area contributed by atoms with Gasteiger partial charge in [-0.3, -0.25) is 9.20 Å². The fraction of sp³-hybridized carbons (Fsp3) is 0.286. The van der Waals surface area contributed by atoms with Crippen LogP contribution in [0.5, 0.6) is 5.75 Å². The summed E-state index contributed by atoms with van der Waals surface area (Å²) >= 11 is 1.25. The lowest BCUT2D eigenvalue weighted by atomic mass is 9.89. The molecular formula is C28H28N6O3S. The predicted molar refractivity (Wildman–Crippen MR) is 147 cm³/mol. The molecule has 1 aliphatic heterocycles. The number of ether oxygens (including phenoxy) is 2. The minimum absolute atomic E-state index is 0.112. The Morgan fingerprint density at radius 1 is 1.13 bits per heavy atom. The number of nitriles is 1. The molecule has 194 valence electrons. The van der Waals surface area contributed by atoms with Gasteiger partial charge in [0, 0.05) is 23.4 Å². The fourth-order valence-electron chi connectivity index (χ4n) is 4.42. The van der Waals surface area contributed by atoms with Crippen molar-refractivity contribution in [2.75, 3.05) is 23.0 Å². The van der Waals surface area contributed by atoms with E-state index >= 15 is 0 Å². The van der Waals surface area contributed by atoms with Gasteiger partial charge in [-0.15, -0.1) is 10.2 Å². The van der Waals surface area contributed by atoms with Crippen LogP contribution in [0.1, 0.15) is 37.5 Å². The van der Waals surface area contributed by atoms with Crippen molar-refractivity contribution in [1.29, 1.82) is 5.26 Å². The Hall–Kier alpha value is -4.07. The van der Waals surface area contributed by atoms with Gasteiger partial charge >= 0.3 is 0 Å². The Bertz CT molecular complexity index is 1510. The summed E-state index contributed by atoms with van der Waals surface area (Å²) in [5.74, 6) is 1.25. The van der Waals surface area contributed by atoms with Gasteiger partial charge in [0.25, 0.3) is 0 Å². The van der Waals surface area contributed by atoms with Gasteiger partial charge in [0.05, 0.1) is 30.1 Å². The number of nitrogens with one attached hydrogen (secondary N) is 2. The van der Waals surface area contributed by atoms with Crippen LogP contribution in [-0.4, -0.2) is 38.5 Å². The number of hydrogen-bond donors (Lipinski definition) is 2. The third kappa shape index (κ3) is 5.30. The minimum Gasteiger partial charge on any atom is -0.494 e. The number of pyridine rings is 1. The zero-order valence-corrected chi connectivity index (χ0v) is 22.3. The van der Waals surface area contributed by atoms with Crippen molar-refractivity contribution in [3.8, 4) is 11.8 Å². The minimum atomic E-state index is -0.405. The number of fused-ring (bicyclic) bond motifs is 3. The van der Waals surface area contributed by atoms with Crippen LogP contribution in [-0.2, 0) is 22.6 Å². The highest BCUT2D eigenvalue weighted by Crippen LogP contribution is 2.38. The predicted octanol–water partition coefficient (Wildman–Crippen LogP) is 5.33. The molecular weight excluding hydrogens is 500 g/mol. The molecule has 1 amide bonds. The number of hydrogen-bond acceptors (Lipinski definition) is 8. The second-order valence-electron chi connectivity index (χ2n) is 9.44. The van der Waals surface area contributed by atoms with Crippen molar-refractivity contribution >= 4 is 40.5 Å². The lowest BCUT2D eigenvalue weighted by Gasteiger charge is -2.33. The molecule has 0 saturated heterocycles. The zero-order valence-electron chi connectivity index (χ0n) is 21.4. The first-order valence-electron chi connectivity index (χ1n) is 12.3. The number of nitrogens with zero attached hydrogens (tertiary/aromatic N) is 4. The number of carbonyl (C=O) groups is 1. The second kappa shape index (κ2) is 10.7. The first-order chi connectivity index (χ1) is 18.4. The molecule has 0 radical (unpaired) electrons. The fourth-order valence-corrected chi connectivity index (χ4v) is 5.16. The van der Waals surface area contributed by atoms with E-state index in [1.54, 1.807) is 12.1 Å². The number of benzene rings is 2. The van der Waals surface area contributed by atoms with Crippen LogP contribution in [0.3, 0.4) is 0 Å². The van der Waals surface area contributed by atoms with E-state index < -0.39 is 5.60 Å². The van der Waals surface area contributed by atoms with E-state index in [1.807, 2.05) is 67.6 Å². The summed E-state index contributed by atoms with van der Waals surface area (Å²) in [6, 6.07) is 19.3. The topological polar surface area (TPSA) is 114 Å². The Morgan fingerprint density at radius 3 is 2.61 bits per heavy atom. The van der Waals surface area contributed by atoms with Crippen LogP contribution in [0.15, 0.2) is 59.8 Å². The number of thioether (sulfide) groups is 1. The molecule has 2 aromatic carbocycles. The third-order valence-electron chi connectivity index (χ3n) is 6.17. The summed E-state index contributed by atoms with van der Waals surface area (Å²) in [4.78, 5) is 12.7. The number of aromatic nitrogens is 3. The maximum atomic E-state index is 12.7. The molecule has 2 aromatic heterocycles. The van der Waals surface area contributed by atoms with Crippen LogP contribution in [0.2, 0.25) is 0 Å². The van der Waals surface area contributed by atoms with Crippen LogP contribution >= 0.6 is 11.8 Å². The van der Waals surface area contributed by atoms with Gasteiger partial charge in [0.15, 0.2) is 10.8 Å². The van der Waals surface area contributed by atoms with Crippen LogP contribution < -0.4 is 15.4 Å². The summed E-state index contributed by atoms with van der Waals surface area (Å²) in [7, 11) is 0. The molecule has 3 heterocycles. The van der Waals surface area contributed by atoms with Gasteiger partial charge in [-0.05, 0) is 62.7 Å². The third-order valence-corrected chi connectivity index (χ3v) is 7.10. The maximum Gasteiger partial charge on any atom is 0.234 e. The smallest absolute Gasteiger partial charge is 0.234 e. The SMILES string of the molecule is CCOc1ccc(NC(=O)CSc2nnc3c4c(c(C#N)c(Nc5ccccc5)n23)CC(C)(C)OC4)cc1. The molecule has 0 unspecified atom stereocenters. The first kappa shape index (κ1) is 25.6. The Balaban J connectivity index is 1.47. The van der Waals surface area contributed by atoms with Gasteiger partial charge in [0.1, 0.15) is 17.6 Å². The zero-order chi connectivity index (χ0) is 26.7. The second-order valence-corrected chi connectivity index (χ2v) is 10.4. The summed E-state index contributed by atoms with van der Waals surface area (Å²) in [6.45, 7) is 6.86. The molecule has 0 atom stereocenters. The Labute approximate surface area is 225 Å². The largest absolute Gasteiger partial charge is 0.494 e. The summed E-state index contributed by atoms with van der Waals surface area (Å²) in [5, 5.41) is 26.0. The molecule has 5 rings (SSSR count). The van der Waals surface area contributed by atoms with Crippen molar-refractivity contribution in [1.82, 2.24) is 14.6 Å². The molecule has 1 aliphatic rings. The molecule has 38 heavy (non-hydrogen) atoms.